The van der Waals surface area contributed by atoms with Crippen LogP contribution in [0.1, 0.15) is 19.3 Å². The summed E-state index contributed by atoms with van der Waals surface area (Å²) in [5, 5.41) is 3.42. The fourth-order valence-electron chi connectivity index (χ4n) is 3.00. The van der Waals surface area contributed by atoms with Gasteiger partial charge >= 0.3 is 6.03 Å². The first-order chi connectivity index (χ1) is 8.76. The number of carbonyl (C=O) groups excluding carboxylic acids is 1. The SMILES string of the molecule is COC1N=C(NC(=O)N2CC3CCCC3C2)SN1. The highest BCUT2D eigenvalue weighted by Crippen LogP contribution is 2.37. The lowest BCUT2D eigenvalue weighted by molar-refractivity contribution is 0.107. The van der Waals surface area contributed by atoms with Crippen LogP contribution in [0.15, 0.2) is 4.99 Å². The van der Waals surface area contributed by atoms with Crippen molar-refractivity contribution in [1.29, 1.82) is 0 Å². The van der Waals surface area contributed by atoms with Crippen molar-refractivity contribution in [3.63, 3.8) is 0 Å². The molecule has 6 nitrogen and oxygen atoms in total. The Bertz CT molecular complexity index is 364. The first-order valence-corrected chi connectivity index (χ1v) is 7.17. The third-order valence-corrected chi connectivity index (χ3v) is 4.66. The van der Waals surface area contributed by atoms with Gasteiger partial charge in [-0.1, -0.05) is 6.42 Å². The summed E-state index contributed by atoms with van der Waals surface area (Å²) in [6.07, 6.45) is 3.52. The summed E-state index contributed by atoms with van der Waals surface area (Å²) in [6.45, 7) is 1.80. The Morgan fingerprint density at radius 2 is 2.22 bits per heavy atom. The molecule has 2 aliphatic heterocycles. The van der Waals surface area contributed by atoms with Gasteiger partial charge in [0.05, 0.1) is 0 Å². The number of hydrogen-bond acceptors (Lipinski definition) is 5. The highest BCUT2D eigenvalue weighted by molar-refractivity contribution is 8.12. The number of rotatable bonds is 1. The largest absolute Gasteiger partial charge is 0.346 e. The molecule has 2 heterocycles. The number of fused-ring (bicyclic) bond motifs is 1. The minimum Gasteiger partial charge on any atom is -0.346 e. The molecule has 2 N–H and O–H groups in total. The van der Waals surface area contributed by atoms with E-state index in [0.29, 0.717) is 5.17 Å². The van der Waals surface area contributed by atoms with Crippen molar-refractivity contribution < 1.29 is 9.53 Å². The van der Waals surface area contributed by atoms with Crippen molar-refractivity contribution >= 4 is 23.1 Å². The normalized spacial score (nSPS) is 34.6. The number of methoxy groups -OCH3 is 1. The summed E-state index contributed by atoms with van der Waals surface area (Å²) in [5.41, 5.74) is 0. The second-order valence-electron chi connectivity index (χ2n) is 5.03. The number of amides is 2. The van der Waals surface area contributed by atoms with Crippen LogP contribution >= 0.6 is 11.9 Å². The van der Waals surface area contributed by atoms with Crippen molar-refractivity contribution in [3.8, 4) is 0 Å². The number of hydrogen-bond donors (Lipinski definition) is 2. The van der Waals surface area contributed by atoms with Crippen molar-refractivity contribution in [2.24, 2.45) is 16.8 Å². The molecular weight excluding hydrogens is 252 g/mol. The summed E-state index contributed by atoms with van der Waals surface area (Å²) in [5.74, 6) is 1.44. The smallest absolute Gasteiger partial charge is 0.323 e. The Morgan fingerprint density at radius 1 is 1.50 bits per heavy atom. The molecule has 0 aromatic rings. The number of urea groups is 1. The topological polar surface area (TPSA) is 66.0 Å². The van der Waals surface area contributed by atoms with Gasteiger partial charge in [0.2, 0.25) is 6.35 Å². The maximum absolute atomic E-state index is 12.1. The molecule has 1 saturated heterocycles. The van der Waals surface area contributed by atoms with E-state index < -0.39 is 0 Å². The van der Waals surface area contributed by atoms with E-state index in [9.17, 15) is 4.79 Å². The van der Waals surface area contributed by atoms with E-state index >= 15 is 0 Å². The van der Waals surface area contributed by atoms with Crippen molar-refractivity contribution in [2.75, 3.05) is 20.2 Å². The molecule has 0 aromatic heterocycles. The highest BCUT2D eigenvalue weighted by atomic mass is 32.2. The molecule has 100 valence electrons. The number of aliphatic imine (C=N–C) groups is 1. The molecule has 3 rings (SSSR count). The van der Waals surface area contributed by atoms with E-state index in [-0.39, 0.29) is 12.4 Å². The van der Waals surface area contributed by atoms with E-state index in [0.717, 1.165) is 24.9 Å². The van der Waals surface area contributed by atoms with Crippen LogP contribution in [0, 0.1) is 11.8 Å². The third-order valence-electron chi connectivity index (χ3n) is 3.94. The molecule has 0 radical (unpaired) electrons. The lowest BCUT2D eigenvalue weighted by Crippen LogP contribution is -2.40. The second-order valence-corrected chi connectivity index (χ2v) is 5.85. The van der Waals surface area contributed by atoms with Gasteiger partial charge in [-0.2, -0.15) is 0 Å². The van der Waals surface area contributed by atoms with Gasteiger partial charge in [0.25, 0.3) is 0 Å². The van der Waals surface area contributed by atoms with Gasteiger partial charge in [0, 0.05) is 20.2 Å². The van der Waals surface area contributed by atoms with Crippen molar-refractivity contribution in [3.05, 3.63) is 0 Å². The average Bonchev–Trinajstić information content (AvgIpc) is 3.02. The summed E-state index contributed by atoms with van der Waals surface area (Å²) in [4.78, 5) is 18.2. The molecule has 3 unspecified atom stereocenters. The van der Waals surface area contributed by atoms with Crippen LogP contribution in [-0.2, 0) is 4.74 Å². The molecule has 0 aromatic carbocycles. The quantitative estimate of drug-likeness (QED) is 0.697. The van der Waals surface area contributed by atoms with Crippen molar-refractivity contribution in [1.82, 2.24) is 14.9 Å². The van der Waals surface area contributed by atoms with Crippen LogP contribution in [0.2, 0.25) is 0 Å². The molecule has 3 aliphatic rings. The molecule has 1 aliphatic carbocycles. The molecule has 18 heavy (non-hydrogen) atoms. The van der Waals surface area contributed by atoms with Gasteiger partial charge in [-0.15, -0.1) is 0 Å². The lowest BCUT2D eigenvalue weighted by atomic mass is 10.0. The maximum atomic E-state index is 12.1. The first-order valence-electron chi connectivity index (χ1n) is 6.35. The average molecular weight is 270 g/mol. The Labute approximate surface area is 111 Å². The predicted octanol–water partition coefficient (Wildman–Crippen LogP) is 0.965. The van der Waals surface area contributed by atoms with E-state index in [4.69, 9.17) is 4.74 Å². The molecular formula is C11H18N4O2S. The summed E-state index contributed by atoms with van der Waals surface area (Å²) < 4.78 is 7.97. The maximum Gasteiger partial charge on any atom is 0.323 e. The van der Waals surface area contributed by atoms with Crippen LogP contribution in [0.3, 0.4) is 0 Å². The molecule has 0 spiro atoms. The Morgan fingerprint density at radius 3 is 2.83 bits per heavy atom. The molecule has 7 heteroatoms. The summed E-state index contributed by atoms with van der Waals surface area (Å²) in [6, 6.07) is -0.0331. The van der Waals surface area contributed by atoms with Crippen LogP contribution in [0.4, 0.5) is 4.79 Å². The highest BCUT2D eigenvalue weighted by Gasteiger charge is 2.38. The number of amidine groups is 1. The van der Waals surface area contributed by atoms with Crippen molar-refractivity contribution in [2.45, 2.75) is 25.6 Å². The number of ether oxygens (including phenoxy) is 1. The molecule has 0 bridgehead atoms. The van der Waals surface area contributed by atoms with Gasteiger partial charge in [-0.25, -0.2) is 14.5 Å². The minimum absolute atomic E-state index is 0.0331. The number of nitrogens with zero attached hydrogens (tertiary/aromatic N) is 2. The predicted molar refractivity (Wildman–Crippen MR) is 69.9 cm³/mol. The molecule has 3 atom stereocenters. The van der Waals surface area contributed by atoms with Crippen LogP contribution in [0.5, 0.6) is 0 Å². The zero-order valence-corrected chi connectivity index (χ0v) is 11.2. The molecule has 1 saturated carbocycles. The number of carbonyl (C=O) groups is 1. The second kappa shape index (κ2) is 5.07. The van der Waals surface area contributed by atoms with Gasteiger partial charge in [0.1, 0.15) is 0 Å². The fraction of sp³-hybridized carbons (Fsp3) is 0.818. The summed E-state index contributed by atoms with van der Waals surface area (Å²) in [7, 11) is 1.58. The Balaban J connectivity index is 1.53. The first kappa shape index (κ1) is 12.3. The van der Waals surface area contributed by atoms with E-state index in [2.05, 4.69) is 15.0 Å². The van der Waals surface area contributed by atoms with Gasteiger partial charge in [-0.05, 0) is 36.6 Å². The van der Waals surface area contributed by atoms with Gasteiger partial charge < -0.3 is 9.64 Å². The summed E-state index contributed by atoms with van der Waals surface area (Å²) >= 11 is 1.30. The molecule has 2 fully saturated rings. The zero-order chi connectivity index (χ0) is 12.5. The number of likely N-dealkylation sites (tertiary alicyclic amines) is 1. The van der Waals surface area contributed by atoms with Crippen LogP contribution in [0.25, 0.3) is 0 Å². The monoisotopic (exact) mass is 270 g/mol. The van der Waals surface area contributed by atoms with E-state index in [1.807, 2.05) is 4.90 Å². The van der Waals surface area contributed by atoms with Crippen LogP contribution in [-0.4, -0.2) is 42.6 Å². The minimum atomic E-state index is -0.358. The lowest BCUT2D eigenvalue weighted by Gasteiger charge is -2.17. The van der Waals surface area contributed by atoms with Gasteiger partial charge in [0.15, 0.2) is 5.17 Å². The number of nitrogens with one attached hydrogen (secondary N) is 2. The van der Waals surface area contributed by atoms with E-state index in [1.54, 1.807) is 7.11 Å². The Kier molecular flexibility index (Phi) is 3.45. The van der Waals surface area contributed by atoms with Gasteiger partial charge in [-0.3, -0.25) is 5.32 Å². The van der Waals surface area contributed by atoms with E-state index in [1.165, 1.54) is 31.2 Å². The van der Waals surface area contributed by atoms with Crippen LogP contribution < -0.4 is 10.0 Å². The Hall–Kier alpha value is -0.790. The third kappa shape index (κ3) is 2.34. The fourth-order valence-corrected chi connectivity index (χ4v) is 3.64. The standard InChI is InChI=1S/C11H18N4O2S/c1-17-9-12-10(18-14-9)13-11(16)15-5-7-3-2-4-8(7)6-15/h7-9,14H,2-6H2,1H3,(H,12,13,16). The zero-order valence-electron chi connectivity index (χ0n) is 10.4. The molecule has 2 amide bonds.